The minimum atomic E-state index is 0.687. The molecule has 210 valence electrons. The van der Waals surface area contributed by atoms with Gasteiger partial charge in [-0.05, 0) is 29.3 Å². The van der Waals surface area contributed by atoms with E-state index in [1.807, 2.05) is 35.6 Å². The van der Waals surface area contributed by atoms with Crippen molar-refractivity contribution in [2.45, 2.75) is 0 Å². The van der Waals surface area contributed by atoms with Crippen molar-refractivity contribution in [2.24, 2.45) is 0 Å². The third-order valence-corrected chi connectivity index (χ3v) is 9.72. The van der Waals surface area contributed by atoms with Gasteiger partial charge in [-0.25, -0.2) is 15.0 Å². The van der Waals surface area contributed by atoms with Crippen LogP contribution in [0.3, 0.4) is 0 Å². The van der Waals surface area contributed by atoms with Crippen molar-refractivity contribution in [1.82, 2.24) is 15.0 Å². The Morgan fingerprint density at radius 2 is 1.09 bits per heavy atom. The highest BCUT2D eigenvalue weighted by Crippen LogP contribution is 2.40. The molecule has 45 heavy (non-hydrogen) atoms. The van der Waals surface area contributed by atoms with Crippen LogP contribution in [0.15, 0.2) is 152 Å². The van der Waals surface area contributed by atoms with E-state index < -0.39 is 0 Å². The molecule has 0 saturated carbocycles. The highest BCUT2D eigenvalue weighted by atomic mass is 32.1. The summed E-state index contributed by atoms with van der Waals surface area (Å²) < 4.78 is 2.62. The second-order valence-corrected chi connectivity index (χ2v) is 12.3. The first-order chi connectivity index (χ1) is 22.3. The molecule has 6 aromatic carbocycles. The number of benzene rings is 6. The Morgan fingerprint density at radius 1 is 0.400 bits per heavy atom. The van der Waals surface area contributed by atoms with Gasteiger partial charge in [0.25, 0.3) is 0 Å². The zero-order chi connectivity index (χ0) is 29.7. The van der Waals surface area contributed by atoms with Gasteiger partial charge in [0.15, 0.2) is 5.82 Å². The van der Waals surface area contributed by atoms with Crippen LogP contribution in [0.25, 0.3) is 87.0 Å². The molecule has 9 rings (SSSR count). The molecule has 0 aliphatic heterocycles. The van der Waals surface area contributed by atoms with E-state index in [1.165, 1.54) is 31.3 Å². The largest absolute Gasteiger partial charge is 0.245 e. The van der Waals surface area contributed by atoms with Crippen LogP contribution in [0.4, 0.5) is 0 Å². The van der Waals surface area contributed by atoms with Crippen molar-refractivity contribution < 1.29 is 0 Å². The van der Waals surface area contributed by atoms with Gasteiger partial charge < -0.3 is 0 Å². The lowest BCUT2D eigenvalue weighted by Gasteiger charge is -2.12. The number of nitrogens with zero attached hydrogens (tertiary/aromatic N) is 3. The topological polar surface area (TPSA) is 38.7 Å². The predicted octanol–water partition coefficient (Wildman–Crippen LogP) is 11.2. The molecule has 0 saturated heterocycles. The lowest BCUT2D eigenvalue weighted by atomic mass is 10.0. The van der Waals surface area contributed by atoms with Crippen molar-refractivity contribution in [1.29, 1.82) is 0 Å². The maximum atomic E-state index is 5.20. The van der Waals surface area contributed by atoms with Gasteiger partial charge in [-0.2, -0.15) is 0 Å². The van der Waals surface area contributed by atoms with Gasteiger partial charge in [0.1, 0.15) is 5.52 Å². The maximum Gasteiger partial charge on any atom is 0.160 e. The standard InChI is InChI=1S/C41H25N3S/c1-3-10-27(11-4-1)35-25-23-29-22-24-34-37(28-12-5-2-6-13-28)43-41(44-39(34)38(29)42-35)30-20-18-26(19-21-30)31-15-9-16-33-32-14-7-8-17-36(32)45-40(31)33/h1-25H. The fraction of sp³-hybridized carbons (Fsp3) is 0. The number of rotatable bonds is 4. The summed E-state index contributed by atoms with van der Waals surface area (Å²) in [5.41, 5.74) is 9.10. The summed E-state index contributed by atoms with van der Waals surface area (Å²) >= 11 is 1.85. The Morgan fingerprint density at radius 3 is 1.91 bits per heavy atom. The number of hydrogen-bond donors (Lipinski definition) is 0. The second-order valence-electron chi connectivity index (χ2n) is 11.2. The van der Waals surface area contributed by atoms with E-state index in [0.29, 0.717) is 5.82 Å². The van der Waals surface area contributed by atoms with E-state index in [-0.39, 0.29) is 0 Å². The molecule has 0 spiro atoms. The molecule has 0 aliphatic carbocycles. The lowest BCUT2D eigenvalue weighted by molar-refractivity contribution is 1.23. The fourth-order valence-corrected chi connectivity index (χ4v) is 7.50. The third-order valence-electron chi connectivity index (χ3n) is 8.50. The SMILES string of the molecule is c1ccc(-c2ccc3ccc4c(-c5ccccc5)nc(-c5ccc(-c6cccc7c6sc6ccccc67)cc5)nc4c3n2)cc1. The average molecular weight is 592 g/mol. The normalized spacial score (nSPS) is 11.6. The molecule has 0 radical (unpaired) electrons. The molecule has 3 heterocycles. The van der Waals surface area contributed by atoms with Crippen LogP contribution in [-0.4, -0.2) is 15.0 Å². The van der Waals surface area contributed by atoms with E-state index >= 15 is 0 Å². The first kappa shape index (κ1) is 25.8. The molecule has 0 fully saturated rings. The number of fused-ring (bicyclic) bond motifs is 6. The average Bonchev–Trinajstić information content (AvgIpc) is 3.51. The Bertz CT molecular complexity index is 2520. The highest BCUT2D eigenvalue weighted by molar-refractivity contribution is 7.26. The third kappa shape index (κ3) is 4.38. The van der Waals surface area contributed by atoms with Crippen LogP contribution in [0, 0.1) is 0 Å². The lowest BCUT2D eigenvalue weighted by Crippen LogP contribution is -1.97. The number of pyridine rings is 1. The van der Waals surface area contributed by atoms with Crippen molar-refractivity contribution in [3.05, 3.63) is 152 Å². The molecule has 4 heteroatoms. The first-order valence-electron chi connectivity index (χ1n) is 15.0. The second kappa shape index (κ2) is 10.5. The quantitative estimate of drug-likeness (QED) is 0.191. The monoisotopic (exact) mass is 591 g/mol. The van der Waals surface area contributed by atoms with Gasteiger partial charge in [-0.1, -0.05) is 133 Å². The van der Waals surface area contributed by atoms with Gasteiger partial charge >= 0.3 is 0 Å². The molecule has 3 aromatic heterocycles. The Labute approximate surface area is 264 Å². The van der Waals surface area contributed by atoms with Crippen molar-refractivity contribution in [2.75, 3.05) is 0 Å². The number of aromatic nitrogens is 3. The molecule has 0 atom stereocenters. The van der Waals surface area contributed by atoms with Gasteiger partial charge in [-0.15, -0.1) is 11.3 Å². The summed E-state index contributed by atoms with van der Waals surface area (Å²) in [4.78, 5) is 15.5. The van der Waals surface area contributed by atoms with Crippen LogP contribution < -0.4 is 0 Å². The van der Waals surface area contributed by atoms with E-state index in [2.05, 4.69) is 127 Å². The van der Waals surface area contributed by atoms with Crippen molar-refractivity contribution >= 4 is 53.3 Å². The molecule has 0 N–H and O–H groups in total. The molecule has 0 unspecified atom stereocenters. The van der Waals surface area contributed by atoms with Crippen LogP contribution in [0.1, 0.15) is 0 Å². The summed E-state index contributed by atoms with van der Waals surface area (Å²) in [6, 6.07) is 53.1. The first-order valence-corrected chi connectivity index (χ1v) is 15.9. The van der Waals surface area contributed by atoms with E-state index in [9.17, 15) is 0 Å². The van der Waals surface area contributed by atoms with E-state index in [4.69, 9.17) is 15.0 Å². The minimum Gasteiger partial charge on any atom is -0.245 e. The van der Waals surface area contributed by atoms with Crippen LogP contribution in [-0.2, 0) is 0 Å². The number of hydrogen-bond acceptors (Lipinski definition) is 4. The van der Waals surface area contributed by atoms with Crippen molar-refractivity contribution in [3.8, 4) is 45.0 Å². The Hall–Kier alpha value is -5.71. The smallest absolute Gasteiger partial charge is 0.160 e. The molecule has 9 aromatic rings. The van der Waals surface area contributed by atoms with Crippen LogP contribution in [0.2, 0.25) is 0 Å². The minimum absolute atomic E-state index is 0.687. The summed E-state index contributed by atoms with van der Waals surface area (Å²) in [6.07, 6.45) is 0. The molecule has 0 bridgehead atoms. The zero-order valence-electron chi connectivity index (χ0n) is 24.2. The Kier molecular flexibility index (Phi) is 6.00. The van der Waals surface area contributed by atoms with Gasteiger partial charge in [0, 0.05) is 47.6 Å². The van der Waals surface area contributed by atoms with E-state index in [0.717, 1.165) is 49.9 Å². The Balaban J connectivity index is 1.22. The summed E-state index contributed by atoms with van der Waals surface area (Å²) in [7, 11) is 0. The summed E-state index contributed by atoms with van der Waals surface area (Å²) in [5.74, 6) is 0.687. The maximum absolute atomic E-state index is 5.20. The van der Waals surface area contributed by atoms with Gasteiger partial charge in [0.05, 0.1) is 16.9 Å². The number of thiophene rings is 1. The van der Waals surface area contributed by atoms with Crippen LogP contribution >= 0.6 is 11.3 Å². The van der Waals surface area contributed by atoms with E-state index in [1.54, 1.807) is 0 Å². The van der Waals surface area contributed by atoms with Gasteiger partial charge in [0.2, 0.25) is 0 Å². The molecular weight excluding hydrogens is 567 g/mol. The highest BCUT2D eigenvalue weighted by Gasteiger charge is 2.16. The summed E-state index contributed by atoms with van der Waals surface area (Å²) in [5, 5.41) is 4.66. The predicted molar refractivity (Wildman–Crippen MR) is 189 cm³/mol. The molecular formula is C41H25N3S. The summed E-state index contributed by atoms with van der Waals surface area (Å²) in [6.45, 7) is 0. The zero-order valence-corrected chi connectivity index (χ0v) is 25.0. The molecule has 3 nitrogen and oxygen atoms in total. The molecule has 0 amide bonds. The molecule has 0 aliphatic rings. The van der Waals surface area contributed by atoms with Crippen LogP contribution in [0.5, 0.6) is 0 Å². The fourth-order valence-electron chi connectivity index (χ4n) is 6.26. The van der Waals surface area contributed by atoms with Gasteiger partial charge in [-0.3, -0.25) is 0 Å². The van der Waals surface area contributed by atoms with Crippen molar-refractivity contribution in [3.63, 3.8) is 0 Å².